The van der Waals surface area contributed by atoms with E-state index in [0.29, 0.717) is 15.7 Å². The Bertz CT molecular complexity index is 659. The number of nitrogens with two attached hydrogens (primary N) is 1. The van der Waals surface area contributed by atoms with Gasteiger partial charge in [0.25, 0.3) is 5.56 Å². The highest BCUT2D eigenvalue weighted by molar-refractivity contribution is 7.99. The zero-order valence-corrected chi connectivity index (χ0v) is 10.9. The number of rotatable bonds is 2. The summed E-state index contributed by atoms with van der Waals surface area (Å²) in [6.07, 6.45) is 0. The Kier molecular flexibility index (Phi) is 3.58. The molecular formula is C11H9ClFN3OS. The van der Waals surface area contributed by atoms with Gasteiger partial charge in [0.2, 0.25) is 0 Å². The van der Waals surface area contributed by atoms with Crippen molar-refractivity contribution >= 4 is 29.1 Å². The number of benzene rings is 1. The highest BCUT2D eigenvalue weighted by atomic mass is 35.5. The maximum Gasteiger partial charge on any atom is 0.251 e. The quantitative estimate of drug-likeness (QED) is 0.657. The van der Waals surface area contributed by atoms with Crippen molar-refractivity contribution in [2.24, 2.45) is 0 Å². The third-order valence-corrected chi connectivity index (χ3v) is 3.36. The van der Waals surface area contributed by atoms with E-state index in [1.165, 1.54) is 12.1 Å². The molecule has 3 N–H and O–H groups in total. The summed E-state index contributed by atoms with van der Waals surface area (Å²) in [7, 11) is 0. The summed E-state index contributed by atoms with van der Waals surface area (Å²) < 4.78 is 13.1. The second-order valence-electron chi connectivity index (χ2n) is 3.60. The summed E-state index contributed by atoms with van der Waals surface area (Å²) in [5.74, 6) is -0.579. The maximum absolute atomic E-state index is 13.1. The lowest BCUT2D eigenvalue weighted by atomic mass is 10.3. The standard InChI is InChI=1S/C11H9ClFN3OS/c1-5-2-10(17)16-11(15-5)18-9-3-6(12)7(13)4-8(9)14/h2-4H,14H2,1H3,(H,15,16,17). The zero-order valence-electron chi connectivity index (χ0n) is 9.33. The molecule has 0 atom stereocenters. The molecule has 0 spiro atoms. The normalized spacial score (nSPS) is 10.6. The molecule has 0 unspecified atom stereocenters. The van der Waals surface area contributed by atoms with Crippen LogP contribution >= 0.6 is 23.4 Å². The van der Waals surface area contributed by atoms with Crippen LogP contribution < -0.4 is 11.3 Å². The summed E-state index contributed by atoms with van der Waals surface area (Å²) in [5, 5.41) is 0.357. The van der Waals surface area contributed by atoms with Crippen LogP contribution in [0.25, 0.3) is 0 Å². The molecule has 1 aromatic carbocycles. The Hall–Kier alpha value is -1.53. The van der Waals surface area contributed by atoms with Gasteiger partial charge in [-0.15, -0.1) is 0 Å². The molecule has 2 rings (SSSR count). The summed E-state index contributed by atoms with van der Waals surface area (Å²) in [6.45, 7) is 1.71. The highest BCUT2D eigenvalue weighted by Gasteiger charge is 2.09. The van der Waals surface area contributed by atoms with E-state index in [-0.39, 0.29) is 16.3 Å². The van der Waals surface area contributed by atoms with E-state index in [1.807, 2.05) is 0 Å². The van der Waals surface area contributed by atoms with Crippen LogP contribution in [0.5, 0.6) is 0 Å². The van der Waals surface area contributed by atoms with Crippen LogP contribution in [-0.4, -0.2) is 9.97 Å². The van der Waals surface area contributed by atoms with Crippen molar-refractivity contribution in [3.05, 3.63) is 45.1 Å². The van der Waals surface area contributed by atoms with Gasteiger partial charge in [-0.3, -0.25) is 4.79 Å². The SMILES string of the molecule is Cc1cc(=O)[nH]c(Sc2cc(Cl)c(F)cc2N)n1. The zero-order chi connectivity index (χ0) is 13.3. The van der Waals surface area contributed by atoms with Crippen molar-refractivity contribution < 1.29 is 4.39 Å². The number of nitrogen functional groups attached to an aromatic ring is 1. The summed E-state index contributed by atoms with van der Waals surface area (Å²) in [5.41, 5.74) is 6.25. The van der Waals surface area contributed by atoms with E-state index in [9.17, 15) is 9.18 Å². The van der Waals surface area contributed by atoms with Gasteiger partial charge in [0.15, 0.2) is 5.16 Å². The lowest BCUT2D eigenvalue weighted by Gasteiger charge is -2.06. The van der Waals surface area contributed by atoms with Crippen LogP contribution in [0.15, 0.2) is 33.0 Å². The topological polar surface area (TPSA) is 71.8 Å². The van der Waals surface area contributed by atoms with Gasteiger partial charge in [-0.1, -0.05) is 11.6 Å². The lowest BCUT2D eigenvalue weighted by molar-refractivity contribution is 0.628. The number of aryl methyl sites for hydroxylation is 1. The van der Waals surface area contributed by atoms with Gasteiger partial charge in [0, 0.05) is 22.3 Å². The Morgan fingerprint density at radius 2 is 2.17 bits per heavy atom. The molecule has 7 heteroatoms. The van der Waals surface area contributed by atoms with Crippen molar-refractivity contribution in [3.63, 3.8) is 0 Å². The van der Waals surface area contributed by atoms with Crippen LogP contribution in [0.2, 0.25) is 5.02 Å². The molecule has 1 aromatic heterocycles. The summed E-state index contributed by atoms with van der Waals surface area (Å²) in [4.78, 5) is 18.5. The Balaban J connectivity index is 2.39. The van der Waals surface area contributed by atoms with Gasteiger partial charge < -0.3 is 10.7 Å². The minimum absolute atomic E-state index is 0.0262. The monoisotopic (exact) mass is 285 g/mol. The molecule has 0 aliphatic rings. The fourth-order valence-electron chi connectivity index (χ4n) is 1.34. The number of nitrogens with one attached hydrogen (secondary N) is 1. The number of aromatic nitrogens is 2. The number of aromatic amines is 1. The number of hydrogen-bond donors (Lipinski definition) is 2. The molecule has 94 valence electrons. The van der Waals surface area contributed by atoms with Gasteiger partial charge in [0.1, 0.15) is 5.82 Å². The number of hydrogen-bond acceptors (Lipinski definition) is 4. The van der Waals surface area contributed by atoms with Crippen molar-refractivity contribution in [3.8, 4) is 0 Å². The first-order valence-electron chi connectivity index (χ1n) is 4.96. The molecule has 0 fully saturated rings. The number of halogens is 2. The summed E-state index contributed by atoms with van der Waals surface area (Å²) in [6, 6.07) is 3.92. The van der Waals surface area contributed by atoms with E-state index < -0.39 is 5.82 Å². The van der Waals surface area contributed by atoms with Gasteiger partial charge >= 0.3 is 0 Å². The Labute approximate surface area is 111 Å². The van der Waals surface area contributed by atoms with Crippen molar-refractivity contribution in [2.45, 2.75) is 17.0 Å². The van der Waals surface area contributed by atoms with Crippen LogP contribution in [-0.2, 0) is 0 Å². The molecule has 0 radical (unpaired) electrons. The van der Waals surface area contributed by atoms with Crippen LogP contribution in [0.1, 0.15) is 5.69 Å². The number of H-pyrrole nitrogens is 1. The first-order chi connectivity index (χ1) is 8.45. The molecule has 4 nitrogen and oxygen atoms in total. The van der Waals surface area contributed by atoms with E-state index in [1.54, 1.807) is 6.92 Å². The fraction of sp³-hybridized carbons (Fsp3) is 0.0909. The van der Waals surface area contributed by atoms with Crippen LogP contribution in [0.3, 0.4) is 0 Å². The third kappa shape index (κ3) is 2.83. The van der Waals surface area contributed by atoms with E-state index in [2.05, 4.69) is 9.97 Å². The Morgan fingerprint density at radius 1 is 1.44 bits per heavy atom. The summed E-state index contributed by atoms with van der Waals surface area (Å²) >= 11 is 6.80. The second kappa shape index (κ2) is 4.99. The van der Waals surface area contributed by atoms with E-state index >= 15 is 0 Å². The molecule has 18 heavy (non-hydrogen) atoms. The van der Waals surface area contributed by atoms with Gasteiger partial charge in [0.05, 0.1) is 5.02 Å². The largest absolute Gasteiger partial charge is 0.398 e. The molecule has 0 aliphatic carbocycles. The molecule has 2 aromatic rings. The lowest BCUT2D eigenvalue weighted by Crippen LogP contribution is -2.08. The molecule has 0 aliphatic heterocycles. The molecule has 0 bridgehead atoms. The van der Waals surface area contributed by atoms with Crippen molar-refractivity contribution in [1.82, 2.24) is 9.97 Å². The average molecular weight is 286 g/mol. The van der Waals surface area contributed by atoms with Crippen LogP contribution in [0.4, 0.5) is 10.1 Å². The second-order valence-corrected chi connectivity index (χ2v) is 5.04. The first-order valence-corrected chi connectivity index (χ1v) is 6.15. The number of anilines is 1. The molecular weight excluding hydrogens is 277 g/mol. The third-order valence-electron chi connectivity index (χ3n) is 2.11. The van der Waals surface area contributed by atoms with Crippen molar-refractivity contribution in [1.29, 1.82) is 0 Å². The van der Waals surface area contributed by atoms with E-state index in [4.69, 9.17) is 17.3 Å². The molecule has 0 saturated heterocycles. The van der Waals surface area contributed by atoms with Gasteiger partial charge in [-0.25, -0.2) is 9.37 Å². The molecule has 0 saturated carbocycles. The highest BCUT2D eigenvalue weighted by Crippen LogP contribution is 2.33. The fourth-order valence-corrected chi connectivity index (χ4v) is 2.47. The number of nitrogens with zero attached hydrogens (tertiary/aromatic N) is 1. The van der Waals surface area contributed by atoms with E-state index in [0.717, 1.165) is 17.8 Å². The minimum atomic E-state index is -0.579. The van der Waals surface area contributed by atoms with Crippen molar-refractivity contribution in [2.75, 3.05) is 5.73 Å². The smallest absolute Gasteiger partial charge is 0.251 e. The van der Waals surface area contributed by atoms with Gasteiger partial charge in [-0.05, 0) is 30.8 Å². The predicted octanol–water partition coefficient (Wildman–Crippen LogP) is 2.60. The van der Waals surface area contributed by atoms with Gasteiger partial charge in [-0.2, -0.15) is 0 Å². The average Bonchev–Trinajstić information content (AvgIpc) is 2.24. The molecule has 1 heterocycles. The molecule has 0 amide bonds. The Morgan fingerprint density at radius 3 is 2.83 bits per heavy atom. The first kappa shape index (κ1) is 12.9. The predicted molar refractivity (Wildman–Crippen MR) is 69.5 cm³/mol. The minimum Gasteiger partial charge on any atom is -0.398 e. The van der Waals surface area contributed by atoms with Crippen LogP contribution in [0, 0.1) is 12.7 Å². The maximum atomic E-state index is 13.1.